The van der Waals surface area contributed by atoms with Gasteiger partial charge >= 0.3 is 0 Å². The second-order valence-electron chi connectivity index (χ2n) is 11.3. The minimum atomic E-state index is -3.92. The molecule has 9 nitrogen and oxygen atoms in total. The standard InChI is InChI=1S/C32H41N3O6S/c1-23-12-11-15-25(18-23)21-34(27(31(37)33-32(2,3)4)19-24-13-9-8-10-14-24)30(36)22-35(42(7,38)39)26-16-17-28(40-5)29(20-26)41-6/h8-18,20,27H,19,21-22H2,1-7H3,(H,33,37)/t27-/m0/s1. The number of anilines is 1. The summed E-state index contributed by atoms with van der Waals surface area (Å²) >= 11 is 0. The van der Waals surface area contributed by atoms with Crippen LogP contribution in [0.15, 0.2) is 72.8 Å². The van der Waals surface area contributed by atoms with E-state index in [0.717, 1.165) is 27.3 Å². The van der Waals surface area contributed by atoms with Crippen LogP contribution in [0.2, 0.25) is 0 Å². The SMILES string of the molecule is COc1ccc(N(CC(=O)N(Cc2cccc(C)c2)[C@@H](Cc2ccccc2)C(=O)NC(C)(C)C)S(C)(=O)=O)cc1OC. The fraction of sp³-hybridized carbons (Fsp3) is 0.375. The van der Waals surface area contributed by atoms with E-state index in [1.54, 1.807) is 12.1 Å². The molecular formula is C32H41N3O6S. The Morgan fingerprint density at radius 2 is 1.52 bits per heavy atom. The van der Waals surface area contributed by atoms with Crippen molar-refractivity contribution < 1.29 is 27.5 Å². The lowest BCUT2D eigenvalue weighted by atomic mass is 10.0. The van der Waals surface area contributed by atoms with E-state index in [9.17, 15) is 18.0 Å². The molecule has 0 aliphatic heterocycles. The molecule has 0 aliphatic carbocycles. The molecule has 0 saturated carbocycles. The van der Waals surface area contributed by atoms with Crippen molar-refractivity contribution in [3.05, 3.63) is 89.5 Å². The highest BCUT2D eigenvalue weighted by atomic mass is 32.2. The van der Waals surface area contributed by atoms with E-state index < -0.39 is 34.1 Å². The molecule has 1 atom stereocenters. The molecule has 0 aliphatic rings. The topological polar surface area (TPSA) is 105 Å². The monoisotopic (exact) mass is 595 g/mol. The molecule has 2 amide bonds. The summed E-state index contributed by atoms with van der Waals surface area (Å²) in [5.74, 6) is -0.116. The summed E-state index contributed by atoms with van der Waals surface area (Å²) in [6.07, 6.45) is 1.28. The van der Waals surface area contributed by atoms with Crippen molar-refractivity contribution in [1.82, 2.24) is 10.2 Å². The Morgan fingerprint density at radius 3 is 2.10 bits per heavy atom. The van der Waals surface area contributed by atoms with Gasteiger partial charge < -0.3 is 19.7 Å². The zero-order valence-electron chi connectivity index (χ0n) is 25.4. The van der Waals surface area contributed by atoms with Crippen molar-refractivity contribution in [2.45, 2.75) is 52.2 Å². The van der Waals surface area contributed by atoms with Crippen molar-refractivity contribution in [2.24, 2.45) is 0 Å². The van der Waals surface area contributed by atoms with Crippen molar-refractivity contribution in [3.8, 4) is 11.5 Å². The summed E-state index contributed by atoms with van der Waals surface area (Å²) < 4.78 is 37.7. The third-order valence-corrected chi connectivity index (χ3v) is 7.68. The molecular weight excluding hydrogens is 554 g/mol. The van der Waals surface area contributed by atoms with E-state index >= 15 is 0 Å². The molecule has 0 unspecified atom stereocenters. The average Bonchev–Trinajstić information content (AvgIpc) is 2.92. The summed E-state index contributed by atoms with van der Waals surface area (Å²) in [5.41, 5.74) is 2.37. The van der Waals surface area contributed by atoms with Crippen molar-refractivity contribution in [2.75, 3.05) is 31.3 Å². The fourth-order valence-electron chi connectivity index (χ4n) is 4.61. The number of sulfonamides is 1. The van der Waals surface area contributed by atoms with Gasteiger partial charge in [0.25, 0.3) is 0 Å². The predicted molar refractivity (Wildman–Crippen MR) is 165 cm³/mol. The number of carbonyl (C=O) groups excluding carboxylic acids is 2. The first kappa shape index (κ1) is 32.5. The van der Waals surface area contributed by atoms with E-state index in [1.807, 2.05) is 82.3 Å². The number of benzene rings is 3. The van der Waals surface area contributed by atoms with Gasteiger partial charge in [-0.1, -0.05) is 60.2 Å². The number of aryl methyl sites for hydroxylation is 1. The third kappa shape index (κ3) is 8.97. The summed E-state index contributed by atoms with van der Waals surface area (Å²) in [5, 5.41) is 3.02. The van der Waals surface area contributed by atoms with E-state index in [1.165, 1.54) is 25.2 Å². The largest absolute Gasteiger partial charge is 0.493 e. The molecule has 3 aromatic carbocycles. The van der Waals surface area contributed by atoms with E-state index in [4.69, 9.17) is 9.47 Å². The highest BCUT2D eigenvalue weighted by Gasteiger charge is 2.34. The molecule has 0 fully saturated rings. The molecule has 10 heteroatoms. The number of hydrogen-bond donors (Lipinski definition) is 1. The van der Waals surface area contributed by atoms with E-state index in [2.05, 4.69) is 5.32 Å². The smallest absolute Gasteiger partial charge is 0.244 e. The first-order valence-corrected chi connectivity index (χ1v) is 15.5. The second kappa shape index (κ2) is 13.7. The number of rotatable bonds is 12. The van der Waals surface area contributed by atoms with Gasteiger partial charge in [0.2, 0.25) is 21.8 Å². The van der Waals surface area contributed by atoms with Crippen molar-refractivity contribution >= 4 is 27.5 Å². The number of amides is 2. The van der Waals surface area contributed by atoms with Gasteiger partial charge in [-0.05, 0) is 51.0 Å². The Morgan fingerprint density at radius 1 is 0.881 bits per heavy atom. The number of methoxy groups -OCH3 is 2. The van der Waals surface area contributed by atoms with Crippen LogP contribution in [0.1, 0.15) is 37.5 Å². The summed E-state index contributed by atoms with van der Waals surface area (Å²) in [4.78, 5) is 29.5. The number of carbonyl (C=O) groups is 2. The molecule has 0 radical (unpaired) electrons. The lowest BCUT2D eigenvalue weighted by Gasteiger charge is -2.35. The van der Waals surface area contributed by atoms with Gasteiger partial charge in [-0.15, -0.1) is 0 Å². The van der Waals surface area contributed by atoms with Gasteiger partial charge in [-0.2, -0.15) is 0 Å². The molecule has 226 valence electrons. The Kier molecular flexibility index (Phi) is 10.6. The summed E-state index contributed by atoms with van der Waals surface area (Å²) in [6, 6.07) is 20.8. The van der Waals surface area contributed by atoms with Crippen LogP contribution < -0.4 is 19.1 Å². The van der Waals surface area contributed by atoms with Gasteiger partial charge in [-0.25, -0.2) is 8.42 Å². The highest BCUT2D eigenvalue weighted by molar-refractivity contribution is 7.92. The van der Waals surface area contributed by atoms with Gasteiger partial charge in [0.15, 0.2) is 11.5 Å². The molecule has 0 aromatic heterocycles. The lowest BCUT2D eigenvalue weighted by Crippen LogP contribution is -2.56. The van der Waals surface area contributed by atoms with Crippen LogP contribution in [0.5, 0.6) is 11.5 Å². The zero-order valence-corrected chi connectivity index (χ0v) is 26.2. The fourth-order valence-corrected chi connectivity index (χ4v) is 5.45. The Balaban J connectivity index is 2.10. The van der Waals surface area contributed by atoms with Gasteiger partial charge in [-0.3, -0.25) is 13.9 Å². The van der Waals surface area contributed by atoms with Crippen LogP contribution in [0.3, 0.4) is 0 Å². The lowest BCUT2D eigenvalue weighted by molar-refractivity contribution is -0.140. The third-order valence-electron chi connectivity index (χ3n) is 6.54. The van der Waals surface area contributed by atoms with Crippen molar-refractivity contribution in [3.63, 3.8) is 0 Å². The molecule has 3 rings (SSSR count). The molecule has 42 heavy (non-hydrogen) atoms. The summed E-state index contributed by atoms with van der Waals surface area (Å²) in [6.45, 7) is 7.16. The quantitative estimate of drug-likeness (QED) is 0.334. The number of hydrogen-bond acceptors (Lipinski definition) is 6. The van der Waals surface area contributed by atoms with Crippen LogP contribution in [0, 0.1) is 6.92 Å². The van der Waals surface area contributed by atoms with Gasteiger partial charge in [0.05, 0.1) is 26.2 Å². The van der Waals surface area contributed by atoms with Crippen LogP contribution in [0.4, 0.5) is 5.69 Å². The molecule has 1 N–H and O–H groups in total. The summed E-state index contributed by atoms with van der Waals surface area (Å²) in [7, 11) is -0.988. The Hall–Kier alpha value is -4.05. The minimum absolute atomic E-state index is 0.110. The number of nitrogens with zero attached hydrogens (tertiary/aromatic N) is 2. The molecule has 0 saturated heterocycles. The maximum Gasteiger partial charge on any atom is 0.244 e. The average molecular weight is 596 g/mol. The van der Waals surface area contributed by atoms with Crippen LogP contribution in [-0.2, 0) is 32.6 Å². The molecule has 3 aromatic rings. The van der Waals surface area contributed by atoms with Crippen LogP contribution in [0.25, 0.3) is 0 Å². The van der Waals surface area contributed by atoms with Crippen LogP contribution in [-0.4, -0.2) is 63.7 Å². The van der Waals surface area contributed by atoms with E-state index in [-0.39, 0.29) is 24.6 Å². The van der Waals surface area contributed by atoms with Gasteiger partial charge in [0, 0.05) is 24.6 Å². The number of ether oxygens (including phenoxy) is 2. The normalized spacial score (nSPS) is 12.3. The predicted octanol–water partition coefficient (Wildman–Crippen LogP) is 4.33. The maximum atomic E-state index is 14.2. The second-order valence-corrected chi connectivity index (χ2v) is 13.2. The maximum absolute atomic E-state index is 14.2. The Bertz CT molecular complexity index is 1490. The van der Waals surface area contributed by atoms with Crippen LogP contribution >= 0.6 is 0 Å². The zero-order chi connectivity index (χ0) is 31.1. The van der Waals surface area contributed by atoms with E-state index in [0.29, 0.717) is 11.5 Å². The highest BCUT2D eigenvalue weighted by Crippen LogP contribution is 2.32. The molecule has 0 bridgehead atoms. The number of nitrogens with one attached hydrogen (secondary N) is 1. The molecule has 0 heterocycles. The Labute approximate surface area is 249 Å². The van der Waals surface area contributed by atoms with Crippen molar-refractivity contribution in [1.29, 1.82) is 0 Å². The minimum Gasteiger partial charge on any atom is -0.493 e. The molecule has 0 spiro atoms. The first-order valence-electron chi connectivity index (χ1n) is 13.6. The first-order chi connectivity index (χ1) is 19.7. The van der Waals surface area contributed by atoms with Gasteiger partial charge in [0.1, 0.15) is 12.6 Å².